The van der Waals surface area contributed by atoms with Crippen LogP contribution in [0.5, 0.6) is 0 Å². The van der Waals surface area contributed by atoms with Crippen LogP contribution in [0, 0.1) is 6.92 Å². The SMILES string of the molecule is CCCc1nc(C)sc1[C@H]1CCNC1. The van der Waals surface area contributed by atoms with Crippen molar-refractivity contribution in [1.29, 1.82) is 0 Å². The molecule has 0 aliphatic carbocycles. The first-order valence-electron chi connectivity index (χ1n) is 5.48. The minimum absolute atomic E-state index is 0.739. The molecule has 1 saturated heterocycles. The molecule has 14 heavy (non-hydrogen) atoms. The topological polar surface area (TPSA) is 24.9 Å². The molecular formula is C11H18N2S. The van der Waals surface area contributed by atoms with Gasteiger partial charge in [0.05, 0.1) is 10.7 Å². The van der Waals surface area contributed by atoms with Crippen molar-refractivity contribution < 1.29 is 0 Å². The van der Waals surface area contributed by atoms with Crippen molar-refractivity contribution in [1.82, 2.24) is 10.3 Å². The molecule has 0 bridgehead atoms. The molecule has 1 fully saturated rings. The van der Waals surface area contributed by atoms with Crippen LogP contribution in [-0.2, 0) is 6.42 Å². The zero-order chi connectivity index (χ0) is 9.97. The highest BCUT2D eigenvalue weighted by molar-refractivity contribution is 7.11. The van der Waals surface area contributed by atoms with Crippen LogP contribution < -0.4 is 5.32 Å². The predicted molar refractivity (Wildman–Crippen MR) is 61.1 cm³/mol. The first-order valence-corrected chi connectivity index (χ1v) is 6.29. The molecule has 1 aliphatic rings. The molecule has 0 aromatic carbocycles. The molecule has 78 valence electrons. The number of nitrogens with one attached hydrogen (secondary N) is 1. The highest BCUT2D eigenvalue weighted by Crippen LogP contribution is 2.31. The molecule has 0 unspecified atom stereocenters. The summed E-state index contributed by atoms with van der Waals surface area (Å²) in [5.74, 6) is 0.739. The van der Waals surface area contributed by atoms with Crippen LogP contribution >= 0.6 is 11.3 Å². The molecule has 1 atom stereocenters. The third kappa shape index (κ3) is 1.98. The second-order valence-electron chi connectivity index (χ2n) is 3.98. The van der Waals surface area contributed by atoms with Crippen molar-refractivity contribution >= 4 is 11.3 Å². The van der Waals surface area contributed by atoms with E-state index in [0.717, 1.165) is 18.9 Å². The fourth-order valence-electron chi connectivity index (χ4n) is 2.10. The van der Waals surface area contributed by atoms with Crippen molar-refractivity contribution in [2.45, 2.75) is 39.0 Å². The maximum absolute atomic E-state index is 4.64. The molecule has 0 saturated carbocycles. The van der Waals surface area contributed by atoms with E-state index in [1.165, 1.54) is 30.1 Å². The third-order valence-corrected chi connectivity index (χ3v) is 3.93. The Morgan fingerprint density at radius 3 is 3.07 bits per heavy atom. The molecule has 3 heteroatoms. The van der Waals surface area contributed by atoms with Gasteiger partial charge in [-0.25, -0.2) is 4.98 Å². The zero-order valence-corrected chi connectivity index (χ0v) is 9.78. The minimum atomic E-state index is 0.739. The maximum atomic E-state index is 4.64. The monoisotopic (exact) mass is 210 g/mol. The zero-order valence-electron chi connectivity index (χ0n) is 8.97. The predicted octanol–water partition coefficient (Wildman–Crippen LogP) is 2.48. The second-order valence-corrected chi connectivity index (χ2v) is 5.22. The Bertz CT molecular complexity index is 300. The summed E-state index contributed by atoms with van der Waals surface area (Å²) in [6, 6.07) is 0. The van der Waals surface area contributed by atoms with Gasteiger partial charge in [-0.1, -0.05) is 13.3 Å². The summed E-state index contributed by atoms with van der Waals surface area (Å²) in [6.45, 7) is 6.67. The summed E-state index contributed by atoms with van der Waals surface area (Å²) in [6.07, 6.45) is 3.64. The number of hydrogen-bond acceptors (Lipinski definition) is 3. The van der Waals surface area contributed by atoms with Gasteiger partial charge in [0.15, 0.2) is 0 Å². The lowest BCUT2D eigenvalue weighted by Crippen LogP contribution is -2.08. The molecule has 1 aromatic heterocycles. The lowest BCUT2D eigenvalue weighted by molar-refractivity contribution is 0.752. The van der Waals surface area contributed by atoms with Gasteiger partial charge >= 0.3 is 0 Å². The smallest absolute Gasteiger partial charge is 0.0900 e. The average molecular weight is 210 g/mol. The first kappa shape index (κ1) is 10.1. The Morgan fingerprint density at radius 1 is 1.57 bits per heavy atom. The van der Waals surface area contributed by atoms with Gasteiger partial charge in [0, 0.05) is 17.3 Å². The third-order valence-electron chi connectivity index (χ3n) is 2.75. The molecular weight excluding hydrogens is 192 g/mol. The number of nitrogens with zero attached hydrogens (tertiary/aromatic N) is 1. The van der Waals surface area contributed by atoms with Crippen molar-refractivity contribution in [3.8, 4) is 0 Å². The fourth-order valence-corrected chi connectivity index (χ4v) is 3.21. The van der Waals surface area contributed by atoms with Crippen molar-refractivity contribution in [2.24, 2.45) is 0 Å². The summed E-state index contributed by atoms with van der Waals surface area (Å²) < 4.78 is 0. The van der Waals surface area contributed by atoms with Gasteiger partial charge in [-0.2, -0.15) is 0 Å². The second kappa shape index (κ2) is 4.41. The van der Waals surface area contributed by atoms with E-state index in [-0.39, 0.29) is 0 Å². The number of rotatable bonds is 3. The van der Waals surface area contributed by atoms with E-state index in [9.17, 15) is 0 Å². The Labute approximate surface area is 89.8 Å². The molecule has 2 nitrogen and oxygen atoms in total. The molecule has 0 spiro atoms. The molecule has 1 aliphatic heterocycles. The minimum Gasteiger partial charge on any atom is -0.316 e. The van der Waals surface area contributed by atoms with Crippen LogP contribution in [0.1, 0.15) is 41.3 Å². The Morgan fingerprint density at radius 2 is 2.43 bits per heavy atom. The van der Waals surface area contributed by atoms with Crippen LogP contribution in [-0.4, -0.2) is 18.1 Å². The van der Waals surface area contributed by atoms with E-state index in [1.54, 1.807) is 4.88 Å². The summed E-state index contributed by atoms with van der Waals surface area (Å²) in [5, 5.41) is 4.66. The highest BCUT2D eigenvalue weighted by atomic mass is 32.1. The summed E-state index contributed by atoms with van der Waals surface area (Å²) in [7, 11) is 0. The summed E-state index contributed by atoms with van der Waals surface area (Å²) in [5.41, 5.74) is 1.36. The van der Waals surface area contributed by atoms with E-state index in [2.05, 4.69) is 24.1 Å². The maximum Gasteiger partial charge on any atom is 0.0900 e. The van der Waals surface area contributed by atoms with Crippen LogP contribution in [0.2, 0.25) is 0 Å². The van der Waals surface area contributed by atoms with Gasteiger partial charge in [0.2, 0.25) is 0 Å². The van der Waals surface area contributed by atoms with Crippen LogP contribution in [0.15, 0.2) is 0 Å². The standard InChI is InChI=1S/C11H18N2S/c1-3-4-10-11(14-8(2)13-10)9-5-6-12-7-9/h9,12H,3-7H2,1-2H3/t9-/m0/s1. The van der Waals surface area contributed by atoms with Gasteiger partial charge in [-0.15, -0.1) is 11.3 Å². The van der Waals surface area contributed by atoms with Crippen LogP contribution in [0.3, 0.4) is 0 Å². The largest absolute Gasteiger partial charge is 0.316 e. The summed E-state index contributed by atoms with van der Waals surface area (Å²) >= 11 is 1.90. The number of thiazole rings is 1. The Balaban J connectivity index is 2.21. The lowest BCUT2D eigenvalue weighted by atomic mass is 10.0. The van der Waals surface area contributed by atoms with Gasteiger partial charge < -0.3 is 5.32 Å². The van der Waals surface area contributed by atoms with Crippen LogP contribution in [0.25, 0.3) is 0 Å². The molecule has 0 radical (unpaired) electrons. The first-order chi connectivity index (χ1) is 6.81. The van der Waals surface area contributed by atoms with E-state index < -0.39 is 0 Å². The number of hydrogen-bond donors (Lipinski definition) is 1. The fraction of sp³-hybridized carbons (Fsp3) is 0.727. The van der Waals surface area contributed by atoms with Gasteiger partial charge in [0.25, 0.3) is 0 Å². The van der Waals surface area contributed by atoms with E-state index >= 15 is 0 Å². The van der Waals surface area contributed by atoms with Gasteiger partial charge in [0.1, 0.15) is 0 Å². The van der Waals surface area contributed by atoms with Crippen molar-refractivity contribution in [3.63, 3.8) is 0 Å². The van der Waals surface area contributed by atoms with Crippen LogP contribution in [0.4, 0.5) is 0 Å². The molecule has 2 heterocycles. The van der Waals surface area contributed by atoms with Gasteiger partial charge in [-0.05, 0) is 26.3 Å². The number of aromatic nitrogens is 1. The van der Waals surface area contributed by atoms with E-state index in [4.69, 9.17) is 0 Å². The Hall–Kier alpha value is -0.410. The van der Waals surface area contributed by atoms with Crippen molar-refractivity contribution in [3.05, 3.63) is 15.6 Å². The normalized spacial score (nSPS) is 21.7. The lowest BCUT2D eigenvalue weighted by Gasteiger charge is -2.07. The van der Waals surface area contributed by atoms with Gasteiger partial charge in [-0.3, -0.25) is 0 Å². The molecule has 1 N–H and O–H groups in total. The Kier molecular flexibility index (Phi) is 3.19. The van der Waals surface area contributed by atoms with E-state index in [0.29, 0.717) is 0 Å². The summed E-state index contributed by atoms with van der Waals surface area (Å²) in [4.78, 5) is 6.19. The quantitative estimate of drug-likeness (QED) is 0.829. The molecule has 0 amide bonds. The van der Waals surface area contributed by atoms with Crippen molar-refractivity contribution in [2.75, 3.05) is 13.1 Å². The van der Waals surface area contributed by atoms with E-state index in [1.807, 2.05) is 11.3 Å². The average Bonchev–Trinajstić information content (AvgIpc) is 2.74. The highest BCUT2D eigenvalue weighted by Gasteiger charge is 2.22. The number of aryl methyl sites for hydroxylation is 2. The molecule has 2 rings (SSSR count). The molecule has 1 aromatic rings.